The predicted octanol–water partition coefficient (Wildman–Crippen LogP) is 0.881. The van der Waals surface area contributed by atoms with Crippen LogP contribution in [-0.2, 0) is 19.1 Å². The zero-order valence-corrected chi connectivity index (χ0v) is 11.5. The SMILES string of the molecule is C=CC(=O)OC1C2CC3C(=O)N(C(C)(C)C)C1C3O2. The number of fused-ring (bicyclic) bond motifs is 1. The minimum Gasteiger partial charge on any atom is -0.454 e. The van der Waals surface area contributed by atoms with E-state index in [-0.39, 0.29) is 41.7 Å². The fraction of sp³-hybridized carbons (Fsp3) is 0.714. The van der Waals surface area contributed by atoms with Gasteiger partial charge in [-0.2, -0.15) is 0 Å². The summed E-state index contributed by atoms with van der Waals surface area (Å²) >= 11 is 0. The summed E-state index contributed by atoms with van der Waals surface area (Å²) in [5.74, 6) is -0.388. The predicted molar refractivity (Wildman–Crippen MR) is 67.2 cm³/mol. The van der Waals surface area contributed by atoms with Crippen molar-refractivity contribution in [2.75, 3.05) is 0 Å². The first-order valence-electron chi connectivity index (χ1n) is 6.66. The fourth-order valence-corrected chi connectivity index (χ4v) is 3.64. The van der Waals surface area contributed by atoms with E-state index in [9.17, 15) is 9.59 Å². The van der Waals surface area contributed by atoms with Gasteiger partial charge in [-0.1, -0.05) is 6.58 Å². The second-order valence-corrected chi connectivity index (χ2v) is 6.46. The molecule has 2 bridgehead atoms. The number of hydrogen-bond acceptors (Lipinski definition) is 4. The van der Waals surface area contributed by atoms with Gasteiger partial charge in [-0.05, 0) is 27.2 Å². The number of rotatable bonds is 2. The second-order valence-electron chi connectivity index (χ2n) is 6.46. The zero-order valence-electron chi connectivity index (χ0n) is 11.5. The summed E-state index contributed by atoms with van der Waals surface area (Å²) < 4.78 is 11.3. The first kappa shape index (κ1) is 12.7. The van der Waals surface area contributed by atoms with Gasteiger partial charge >= 0.3 is 5.97 Å². The first-order valence-corrected chi connectivity index (χ1v) is 6.66. The number of nitrogens with zero attached hydrogens (tertiary/aromatic N) is 1. The molecule has 5 atom stereocenters. The number of carbonyl (C=O) groups is 2. The summed E-state index contributed by atoms with van der Waals surface area (Å²) in [5.41, 5.74) is -0.295. The van der Waals surface area contributed by atoms with Crippen LogP contribution in [0.15, 0.2) is 12.7 Å². The van der Waals surface area contributed by atoms with Crippen LogP contribution >= 0.6 is 0 Å². The van der Waals surface area contributed by atoms with Crippen LogP contribution in [0.25, 0.3) is 0 Å². The molecule has 3 aliphatic heterocycles. The standard InChI is InChI=1S/C14H19NO4/c1-5-9(16)19-12-8-6-7-11(18-8)10(12)15(13(7)17)14(2,3)4/h5,7-8,10-12H,1,6H2,2-4H3. The van der Waals surface area contributed by atoms with Gasteiger partial charge in [-0.3, -0.25) is 4.79 Å². The Balaban J connectivity index is 1.92. The lowest BCUT2D eigenvalue weighted by Crippen LogP contribution is -2.53. The Kier molecular flexibility index (Phi) is 2.55. The number of amides is 1. The lowest BCUT2D eigenvalue weighted by Gasteiger charge is -2.38. The quantitative estimate of drug-likeness (QED) is 0.549. The Labute approximate surface area is 112 Å². The summed E-state index contributed by atoms with van der Waals surface area (Å²) in [4.78, 5) is 25.8. The van der Waals surface area contributed by atoms with Gasteiger partial charge in [0.25, 0.3) is 0 Å². The highest BCUT2D eigenvalue weighted by molar-refractivity contribution is 5.85. The molecule has 0 radical (unpaired) electrons. The maximum absolute atomic E-state index is 12.5. The van der Waals surface area contributed by atoms with E-state index in [4.69, 9.17) is 9.47 Å². The maximum Gasteiger partial charge on any atom is 0.330 e. The van der Waals surface area contributed by atoms with E-state index in [1.807, 2.05) is 25.7 Å². The monoisotopic (exact) mass is 265 g/mol. The zero-order chi connectivity index (χ0) is 13.9. The highest BCUT2D eigenvalue weighted by Gasteiger charge is 2.67. The summed E-state index contributed by atoms with van der Waals surface area (Å²) in [7, 11) is 0. The largest absolute Gasteiger partial charge is 0.454 e. The molecule has 3 saturated heterocycles. The van der Waals surface area contributed by atoms with Crippen molar-refractivity contribution in [2.24, 2.45) is 5.92 Å². The van der Waals surface area contributed by atoms with E-state index in [2.05, 4.69) is 6.58 Å². The Hall–Kier alpha value is -1.36. The van der Waals surface area contributed by atoms with E-state index in [0.29, 0.717) is 6.42 Å². The minimum absolute atomic E-state index is 0.0621. The van der Waals surface area contributed by atoms with Gasteiger partial charge in [0.1, 0.15) is 0 Å². The Morgan fingerprint density at radius 1 is 1.53 bits per heavy atom. The number of carbonyl (C=O) groups excluding carboxylic acids is 2. The van der Waals surface area contributed by atoms with Crippen molar-refractivity contribution in [3.63, 3.8) is 0 Å². The molecule has 19 heavy (non-hydrogen) atoms. The smallest absolute Gasteiger partial charge is 0.330 e. The molecule has 0 saturated carbocycles. The lowest BCUT2D eigenvalue weighted by atomic mass is 9.87. The third-order valence-corrected chi connectivity index (χ3v) is 4.25. The van der Waals surface area contributed by atoms with Crippen molar-refractivity contribution in [3.8, 4) is 0 Å². The van der Waals surface area contributed by atoms with Crippen molar-refractivity contribution < 1.29 is 19.1 Å². The normalized spacial score (nSPS) is 39.8. The van der Waals surface area contributed by atoms with E-state index in [1.54, 1.807) is 0 Å². The van der Waals surface area contributed by atoms with Crippen LogP contribution in [0.1, 0.15) is 27.2 Å². The molecule has 3 heterocycles. The Morgan fingerprint density at radius 2 is 2.21 bits per heavy atom. The average Bonchev–Trinajstić information content (AvgIpc) is 2.90. The molecule has 5 nitrogen and oxygen atoms in total. The van der Waals surface area contributed by atoms with Gasteiger partial charge in [-0.15, -0.1) is 0 Å². The molecule has 0 aromatic rings. The summed E-state index contributed by atoms with van der Waals surface area (Å²) in [6, 6.07) is -0.153. The van der Waals surface area contributed by atoms with Crippen LogP contribution in [-0.4, -0.2) is 46.7 Å². The van der Waals surface area contributed by atoms with Crippen molar-refractivity contribution in [3.05, 3.63) is 12.7 Å². The maximum atomic E-state index is 12.5. The second kappa shape index (κ2) is 3.82. The molecule has 0 N–H and O–H groups in total. The van der Waals surface area contributed by atoms with Crippen LogP contribution in [0.3, 0.4) is 0 Å². The first-order chi connectivity index (χ1) is 8.84. The van der Waals surface area contributed by atoms with Crippen LogP contribution < -0.4 is 0 Å². The number of ether oxygens (including phenoxy) is 2. The molecule has 0 aromatic heterocycles. The highest BCUT2D eigenvalue weighted by atomic mass is 16.6. The number of esters is 1. The van der Waals surface area contributed by atoms with Crippen LogP contribution in [0.2, 0.25) is 0 Å². The van der Waals surface area contributed by atoms with Crippen LogP contribution in [0, 0.1) is 5.92 Å². The Bertz CT molecular complexity index is 453. The molecular formula is C14H19NO4. The fourth-order valence-electron chi connectivity index (χ4n) is 3.64. The van der Waals surface area contributed by atoms with E-state index in [0.717, 1.165) is 6.08 Å². The molecule has 3 rings (SSSR count). The molecule has 3 aliphatic rings. The summed E-state index contributed by atoms with van der Waals surface area (Å²) in [6.45, 7) is 9.40. The van der Waals surface area contributed by atoms with Gasteiger partial charge in [0, 0.05) is 11.6 Å². The minimum atomic E-state index is -0.453. The number of likely N-dealkylation sites (tertiary alicyclic amines) is 1. The van der Waals surface area contributed by atoms with Crippen molar-refractivity contribution >= 4 is 11.9 Å². The lowest BCUT2D eigenvalue weighted by molar-refractivity contribution is -0.151. The van der Waals surface area contributed by atoms with Crippen molar-refractivity contribution in [1.29, 1.82) is 0 Å². The van der Waals surface area contributed by atoms with Gasteiger partial charge in [0.2, 0.25) is 5.91 Å². The molecule has 1 amide bonds. The highest BCUT2D eigenvalue weighted by Crippen LogP contribution is 2.50. The van der Waals surface area contributed by atoms with Crippen molar-refractivity contribution in [1.82, 2.24) is 4.90 Å². The van der Waals surface area contributed by atoms with Crippen LogP contribution in [0.4, 0.5) is 0 Å². The van der Waals surface area contributed by atoms with Crippen molar-refractivity contribution in [2.45, 2.75) is 57.1 Å². The van der Waals surface area contributed by atoms with E-state index < -0.39 is 5.97 Å². The molecule has 104 valence electrons. The van der Waals surface area contributed by atoms with E-state index in [1.165, 1.54) is 0 Å². The summed E-state index contributed by atoms with van der Waals surface area (Å²) in [5, 5.41) is 0. The van der Waals surface area contributed by atoms with Gasteiger partial charge < -0.3 is 14.4 Å². The molecule has 5 unspecified atom stereocenters. The topological polar surface area (TPSA) is 55.8 Å². The van der Waals surface area contributed by atoms with E-state index >= 15 is 0 Å². The summed E-state index contributed by atoms with van der Waals surface area (Å²) in [6.07, 6.45) is 1.17. The molecule has 3 fully saturated rings. The molecule has 5 heteroatoms. The molecule has 0 aliphatic carbocycles. The van der Waals surface area contributed by atoms with Gasteiger partial charge in [0.05, 0.1) is 24.2 Å². The van der Waals surface area contributed by atoms with Gasteiger partial charge in [-0.25, -0.2) is 4.79 Å². The molecule has 0 spiro atoms. The molecular weight excluding hydrogens is 246 g/mol. The number of hydrogen-bond donors (Lipinski definition) is 0. The van der Waals surface area contributed by atoms with Gasteiger partial charge in [0.15, 0.2) is 6.10 Å². The third kappa shape index (κ3) is 1.64. The van der Waals surface area contributed by atoms with Crippen LogP contribution in [0.5, 0.6) is 0 Å². The third-order valence-electron chi connectivity index (χ3n) is 4.25. The molecule has 0 aromatic carbocycles. The Morgan fingerprint density at radius 3 is 2.79 bits per heavy atom. The average molecular weight is 265 g/mol.